The van der Waals surface area contributed by atoms with Crippen LogP contribution in [0.5, 0.6) is 0 Å². The van der Waals surface area contributed by atoms with Crippen molar-refractivity contribution in [1.29, 1.82) is 0 Å². The molecule has 0 amide bonds. The molecular weight excluding hydrogens is 236 g/mol. The smallest absolute Gasteiger partial charge is 0.316 e. The molecular formula is C17H18O2. The van der Waals surface area contributed by atoms with Gasteiger partial charge < -0.3 is 4.74 Å². The van der Waals surface area contributed by atoms with E-state index in [1.165, 1.54) is 0 Å². The average molecular weight is 254 g/mol. The number of carbonyl (C=O) groups excluding carboxylic acids is 1. The van der Waals surface area contributed by atoms with E-state index in [9.17, 15) is 4.79 Å². The molecule has 0 saturated heterocycles. The highest BCUT2D eigenvalue weighted by molar-refractivity contribution is 5.82. The Morgan fingerprint density at radius 2 is 1.47 bits per heavy atom. The van der Waals surface area contributed by atoms with Crippen molar-refractivity contribution in [1.82, 2.24) is 0 Å². The summed E-state index contributed by atoms with van der Waals surface area (Å²) in [5.74, 6) is -0.206. The van der Waals surface area contributed by atoms with Crippen molar-refractivity contribution in [3.8, 4) is 0 Å². The molecule has 0 heterocycles. The SMILES string of the molecule is CC(C)(C(=O)OCc1ccccc1)c1ccccc1. The zero-order valence-corrected chi connectivity index (χ0v) is 11.3. The second-order valence-electron chi connectivity index (χ2n) is 5.05. The molecule has 0 aromatic heterocycles. The number of benzene rings is 2. The maximum Gasteiger partial charge on any atom is 0.316 e. The number of esters is 1. The summed E-state index contributed by atoms with van der Waals surface area (Å²) in [5, 5.41) is 0. The Labute approximate surface area is 114 Å². The number of hydrogen-bond acceptors (Lipinski definition) is 2. The monoisotopic (exact) mass is 254 g/mol. The van der Waals surface area contributed by atoms with Gasteiger partial charge in [0.25, 0.3) is 0 Å². The van der Waals surface area contributed by atoms with Crippen molar-refractivity contribution in [2.75, 3.05) is 0 Å². The van der Waals surface area contributed by atoms with Gasteiger partial charge in [0, 0.05) is 0 Å². The van der Waals surface area contributed by atoms with Crippen LogP contribution in [-0.4, -0.2) is 5.97 Å². The van der Waals surface area contributed by atoms with Crippen molar-refractivity contribution in [3.63, 3.8) is 0 Å². The molecule has 0 aliphatic heterocycles. The van der Waals surface area contributed by atoms with Gasteiger partial charge in [-0.1, -0.05) is 60.7 Å². The third-order valence-corrected chi connectivity index (χ3v) is 3.22. The molecule has 2 nitrogen and oxygen atoms in total. The van der Waals surface area contributed by atoms with Crippen molar-refractivity contribution >= 4 is 5.97 Å². The fourth-order valence-electron chi connectivity index (χ4n) is 1.88. The lowest BCUT2D eigenvalue weighted by Gasteiger charge is -2.23. The molecule has 0 bridgehead atoms. The van der Waals surface area contributed by atoms with Gasteiger partial charge in [-0.05, 0) is 25.0 Å². The first-order chi connectivity index (χ1) is 9.10. The van der Waals surface area contributed by atoms with E-state index in [0.717, 1.165) is 11.1 Å². The molecule has 0 atom stereocenters. The van der Waals surface area contributed by atoms with Crippen LogP contribution in [0.4, 0.5) is 0 Å². The van der Waals surface area contributed by atoms with Crippen LogP contribution in [0, 0.1) is 0 Å². The van der Waals surface area contributed by atoms with Crippen molar-refractivity contribution in [2.45, 2.75) is 25.9 Å². The van der Waals surface area contributed by atoms with Crippen molar-refractivity contribution in [3.05, 3.63) is 71.8 Å². The van der Waals surface area contributed by atoms with Gasteiger partial charge in [0.1, 0.15) is 6.61 Å². The van der Waals surface area contributed by atoms with Crippen LogP contribution < -0.4 is 0 Å². The van der Waals surface area contributed by atoms with Gasteiger partial charge in [0.15, 0.2) is 0 Å². The number of rotatable bonds is 4. The van der Waals surface area contributed by atoms with E-state index in [-0.39, 0.29) is 5.97 Å². The first-order valence-corrected chi connectivity index (χ1v) is 6.37. The van der Waals surface area contributed by atoms with Crippen LogP contribution >= 0.6 is 0 Å². The summed E-state index contributed by atoms with van der Waals surface area (Å²) in [7, 11) is 0. The van der Waals surface area contributed by atoms with E-state index in [1.54, 1.807) is 0 Å². The molecule has 2 rings (SSSR count). The Hall–Kier alpha value is -2.09. The second kappa shape index (κ2) is 5.70. The van der Waals surface area contributed by atoms with E-state index in [1.807, 2.05) is 74.5 Å². The topological polar surface area (TPSA) is 26.3 Å². The van der Waals surface area contributed by atoms with Gasteiger partial charge in [0.05, 0.1) is 5.41 Å². The highest BCUT2D eigenvalue weighted by Crippen LogP contribution is 2.24. The standard InChI is InChI=1S/C17H18O2/c1-17(2,15-11-7-4-8-12-15)16(18)19-13-14-9-5-3-6-10-14/h3-12H,13H2,1-2H3. The highest BCUT2D eigenvalue weighted by atomic mass is 16.5. The Balaban J connectivity index is 2.03. The third kappa shape index (κ3) is 3.22. The Morgan fingerprint density at radius 3 is 2.05 bits per heavy atom. The number of ether oxygens (including phenoxy) is 1. The van der Waals surface area contributed by atoms with Crippen LogP contribution in [0.3, 0.4) is 0 Å². The zero-order valence-electron chi connectivity index (χ0n) is 11.3. The first-order valence-electron chi connectivity index (χ1n) is 6.37. The van der Waals surface area contributed by atoms with Gasteiger partial charge in [-0.15, -0.1) is 0 Å². The van der Waals surface area contributed by atoms with Crippen LogP contribution in [0.2, 0.25) is 0 Å². The molecule has 98 valence electrons. The molecule has 19 heavy (non-hydrogen) atoms. The van der Waals surface area contributed by atoms with E-state index in [4.69, 9.17) is 4.74 Å². The number of hydrogen-bond donors (Lipinski definition) is 0. The third-order valence-electron chi connectivity index (χ3n) is 3.22. The van der Waals surface area contributed by atoms with Gasteiger partial charge in [-0.2, -0.15) is 0 Å². The summed E-state index contributed by atoms with van der Waals surface area (Å²) >= 11 is 0. The Morgan fingerprint density at radius 1 is 0.947 bits per heavy atom. The molecule has 0 fully saturated rings. The molecule has 0 unspecified atom stereocenters. The van der Waals surface area contributed by atoms with Gasteiger partial charge in [-0.3, -0.25) is 4.79 Å². The molecule has 0 saturated carbocycles. The maximum atomic E-state index is 12.2. The van der Waals surface area contributed by atoms with Crippen molar-refractivity contribution < 1.29 is 9.53 Å². The quantitative estimate of drug-likeness (QED) is 0.777. The minimum atomic E-state index is -0.629. The summed E-state index contributed by atoms with van der Waals surface area (Å²) in [5.41, 5.74) is 1.34. The fraction of sp³-hybridized carbons (Fsp3) is 0.235. The van der Waals surface area contributed by atoms with Crippen molar-refractivity contribution in [2.24, 2.45) is 0 Å². The summed E-state index contributed by atoms with van der Waals surface area (Å²) in [6.07, 6.45) is 0. The van der Waals surface area contributed by atoms with Crippen LogP contribution in [-0.2, 0) is 21.6 Å². The lowest BCUT2D eigenvalue weighted by atomic mass is 9.85. The van der Waals surface area contributed by atoms with E-state index in [2.05, 4.69) is 0 Å². The van der Waals surface area contributed by atoms with Crippen LogP contribution in [0.15, 0.2) is 60.7 Å². The molecule has 0 N–H and O–H groups in total. The Bertz CT molecular complexity index is 530. The summed E-state index contributed by atoms with van der Waals surface area (Å²) < 4.78 is 5.41. The first kappa shape index (κ1) is 13.3. The van der Waals surface area contributed by atoms with Gasteiger partial charge in [0.2, 0.25) is 0 Å². The summed E-state index contributed by atoms with van der Waals surface area (Å²) in [6, 6.07) is 19.4. The average Bonchev–Trinajstić information content (AvgIpc) is 2.46. The largest absolute Gasteiger partial charge is 0.460 e. The van der Waals surface area contributed by atoms with Crippen LogP contribution in [0.25, 0.3) is 0 Å². The lowest BCUT2D eigenvalue weighted by Crippen LogP contribution is -2.30. The molecule has 0 aliphatic carbocycles. The highest BCUT2D eigenvalue weighted by Gasteiger charge is 2.31. The second-order valence-corrected chi connectivity index (χ2v) is 5.05. The fourth-order valence-corrected chi connectivity index (χ4v) is 1.88. The molecule has 2 aromatic carbocycles. The van der Waals surface area contributed by atoms with Crippen LogP contribution in [0.1, 0.15) is 25.0 Å². The van der Waals surface area contributed by atoms with Gasteiger partial charge in [-0.25, -0.2) is 0 Å². The van der Waals surface area contributed by atoms with E-state index >= 15 is 0 Å². The lowest BCUT2D eigenvalue weighted by molar-refractivity contribution is -0.150. The van der Waals surface area contributed by atoms with E-state index < -0.39 is 5.41 Å². The van der Waals surface area contributed by atoms with E-state index in [0.29, 0.717) is 6.61 Å². The normalized spacial score (nSPS) is 11.1. The molecule has 0 aliphatic rings. The number of carbonyl (C=O) groups is 1. The Kier molecular flexibility index (Phi) is 4.00. The van der Waals surface area contributed by atoms with Gasteiger partial charge >= 0.3 is 5.97 Å². The molecule has 2 heteroatoms. The molecule has 2 aromatic rings. The predicted molar refractivity (Wildman–Crippen MR) is 75.7 cm³/mol. The minimum absolute atomic E-state index is 0.206. The minimum Gasteiger partial charge on any atom is -0.460 e. The zero-order chi connectivity index (χ0) is 13.7. The summed E-state index contributed by atoms with van der Waals surface area (Å²) in [4.78, 5) is 12.2. The maximum absolute atomic E-state index is 12.2. The summed E-state index contributed by atoms with van der Waals surface area (Å²) in [6.45, 7) is 4.08. The molecule has 0 radical (unpaired) electrons. The predicted octanol–water partition coefficient (Wildman–Crippen LogP) is 3.71. The molecule has 0 spiro atoms.